The number of ether oxygens (including phenoxy) is 1. The molecule has 1 heterocycles. The van der Waals surface area contributed by atoms with E-state index in [4.69, 9.17) is 4.74 Å². The molecule has 1 amide bonds. The van der Waals surface area contributed by atoms with E-state index in [0.717, 1.165) is 19.4 Å². The predicted octanol–water partition coefficient (Wildman–Crippen LogP) is 0.641. The van der Waals surface area contributed by atoms with Gasteiger partial charge < -0.3 is 14.7 Å². The Morgan fingerprint density at radius 3 is 2.80 bits per heavy atom. The van der Waals surface area contributed by atoms with Crippen LogP contribution in [-0.2, 0) is 9.53 Å². The van der Waals surface area contributed by atoms with Crippen LogP contribution in [0.2, 0.25) is 0 Å². The van der Waals surface area contributed by atoms with E-state index in [1.165, 1.54) is 0 Å². The summed E-state index contributed by atoms with van der Waals surface area (Å²) >= 11 is 0. The van der Waals surface area contributed by atoms with Crippen molar-refractivity contribution in [2.24, 2.45) is 5.92 Å². The van der Waals surface area contributed by atoms with Crippen LogP contribution in [0, 0.1) is 5.92 Å². The van der Waals surface area contributed by atoms with E-state index in [0.29, 0.717) is 6.61 Å². The Bertz CT molecular complexity index is 218. The van der Waals surface area contributed by atoms with E-state index >= 15 is 0 Å². The van der Waals surface area contributed by atoms with Crippen molar-refractivity contribution in [1.29, 1.82) is 0 Å². The van der Waals surface area contributed by atoms with E-state index in [1.807, 2.05) is 4.90 Å². The van der Waals surface area contributed by atoms with Crippen molar-refractivity contribution in [3.8, 4) is 0 Å². The number of carbonyl (C=O) groups excluding carboxylic acids is 1. The summed E-state index contributed by atoms with van der Waals surface area (Å²) < 4.78 is 5.11. The van der Waals surface area contributed by atoms with Gasteiger partial charge in [0.1, 0.15) is 0 Å². The SMILES string of the molecule is COCC(C1CCCN1C(C)=O)[C@H](C)O. The van der Waals surface area contributed by atoms with Gasteiger partial charge in [0.2, 0.25) is 5.91 Å². The molecule has 1 N–H and O–H groups in total. The molecule has 0 spiro atoms. The zero-order chi connectivity index (χ0) is 11.4. The number of amides is 1. The molecule has 1 saturated heterocycles. The molecule has 4 nitrogen and oxygen atoms in total. The fraction of sp³-hybridized carbons (Fsp3) is 0.909. The first-order chi connectivity index (χ1) is 7.07. The van der Waals surface area contributed by atoms with Gasteiger partial charge in [-0.2, -0.15) is 0 Å². The van der Waals surface area contributed by atoms with Crippen molar-refractivity contribution in [2.75, 3.05) is 20.3 Å². The number of aliphatic hydroxyl groups is 1. The maximum Gasteiger partial charge on any atom is 0.219 e. The monoisotopic (exact) mass is 215 g/mol. The second-order valence-electron chi connectivity index (χ2n) is 4.28. The highest BCUT2D eigenvalue weighted by molar-refractivity contribution is 5.73. The first-order valence-corrected chi connectivity index (χ1v) is 5.52. The molecule has 0 radical (unpaired) electrons. The molecule has 0 aromatic heterocycles. The lowest BCUT2D eigenvalue weighted by Gasteiger charge is -2.32. The molecule has 1 fully saturated rings. The van der Waals surface area contributed by atoms with E-state index in [1.54, 1.807) is 21.0 Å². The van der Waals surface area contributed by atoms with Crippen LogP contribution in [0.4, 0.5) is 0 Å². The van der Waals surface area contributed by atoms with Gasteiger partial charge in [-0.3, -0.25) is 4.79 Å². The van der Waals surface area contributed by atoms with Gasteiger partial charge in [-0.05, 0) is 19.8 Å². The summed E-state index contributed by atoms with van der Waals surface area (Å²) in [6.45, 7) is 4.67. The standard InChI is InChI=1S/C11H21NO3/c1-8(13)10(7-15-3)11-5-4-6-12(11)9(2)14/h8,10-11,13H,4-7H2,1-3H3/t8-,10?,11?/m0/s1. The fourth-order valence-corrected chi connectivity index (χ4v) is 2.39. The number of carbonyl (C=O) groups is 1. The van der Waals surface area contributed by atoms with Crippen molar-refractivity contribution in [2.45, 2.75) is 38.8 Å². The van der Waals surface area contributed by atoms with Crippen molar-refractivity contribution in [1.82, 2.24) is 4.90 Å². The third-order valence-electron chi connectivity index (χ3n) is 3.18. The number of likely N-dealkylation sites (tertiary alicyclic amines) is 1. The fourth-order valence-electron chi connectivity index (χ4n) is 2.39. The van der Waals surface area contributed by atoms with Gasteiger partial charge >= 0.3 is 0 Å². The van der Waals surface area contributed by atoms with Gasteiger partial charge in [0, 0.05) is 32.5 Å². The number of hydrogen-bond donors (Lipinski definition) is 1. The Kier molecular flexibility index (Phi) is 4.54. The molecule has 4 heteroatoms. The van der Waals surface area contributed by atoms with Gasteiger partial charge in [0.05, 0.1) is 12.7 Å². The Labute approximate surface area is 91.2 Å². The summed E-state index contributed by atoms with van der Waals surface area (Å²) in [7, 11) is 1.63. The molecule has 1 rings (SSSR count). The number of aliphatic hydroxyl groups excluding tert-OH is 1. The highest BCUT2D eigenvalue weighted by Crippen LogP contribution is 2.26. The minimum atomic E-state index is -0.435. The summed E-state index contributed by atoms with van der Waals surface area (Å²) in [4.78, 5) is 13.2. The van der Waals surface area contributed by atoms with Crippen molar-refractivity contribution < 1.29 is 14.6 Å². The minimum Gasteiger partial charge on any atom is -0.393 e. The maximum atomic E-state index is 11.4. The first-order valence-electron chi connectivity index (χ1n) is 5.52. The number of nitrogens with zero attached hydrogens (tertiary/aromatic N) is 1. The Hall–Kier alpha value is -0.610. The number of rotatable bonds is 4. The van der Waals surface area contributed by atoms with E-state index in [-0.39, 0.29) is 17.9 Å². The second kappa shape index (κ2) is 5.47. The summed E-state index contributed by atoms with van der Waals surface area (Å²) in [6, 6.07) is 0.141. The molecule has 0 aliphatic carbocycles. The quantitative estimate of drug-likeness (QED) is 0.748. The average molecular weight is 215 g/mol. The third kappa shape index (κ3) is 2.92. The Morgan fingerprint density at radius 2 is 2.33 bits per heavy atom. The zero-order valence-electron chi connectivity index (χ0n) is 9.77. The van der Waals surface area contributed by atoms with Gasteiger partial charge in [0.15, 0.2) is 0 Å². The van der Waals surface area contributed by atoms with Gasteiger partial charge in [-0.25, -0.2) is 0 Å². The normalized spacial score (nSPS) is 25.3. The molecule has 3 atom stereocenters. The lowest BCUT2D eigenvalue weighted by Crippen LogP contribution is -2.44. The van der Waals surface area contributed by atoms with Crippen LogP contribution in [0.1, 0.15) is 26.7 Å². The van der Waals surface area contributed by atoms with Crippen LogP contribution in [-0.4, -0.2) is 48.3 Å². The molecule has 1 aliphatic heterocycles. The first kappa shape index (κ1) is 12.5. The lowest BCUT2D eigenvalue weighted by molar-refractivity contribution is -0.131. The summed E-state index contributed by atoms with van der Waals surface area (Å²) in [5.74, 6) is 0.126. The van der Waals surface area contributed by atoms with Crippen LogP contribution in [0.15, 0.2) is 0 Å². The molecule has 0 saturated carbocycles. The molecule has 0 bridgehead atoms. The van der Waals surface area contributed by atoms with Crippen molar-refractivity contribution in [3.05, 3.63) is 0 Å². The Morgan fingerprint density at radius 1 is 1.67 bits per heavy atom. The molecule has 88 valence electrons. The van der Waals surface area contributed by atoms with Gasteiger partial charge in [-0.15, -0.1) is 0 Å². The summed E-state index contributed by atoms with van der Waals surface area (Å²) in [5.41, 5.74) is 0. The highest BCUT2D eigenvalue weighted by Gasteiger charge is 2.35. The number of hydrogen-bond acceptors (Lipinski definition) is 3. The largest absolute Gasteiger partial charge is 0.393 e. The zero-order valence-corrected chi connectivity index (χ0v) is 9.77. The maximum absolute atomic E-state index is 11.4. The Balaban J connectivity index is 2.69. The molecule has 15 heavy (non-hydrogen) atoms. The smallest absolute Gasteiger partial charge is 0.219 e. The molecule has 1 aliphatic rings. The van der Waals surface area contributed by atoms with Crippen LogP contribution in [0.3, 0.4) is 0 Å². The van der Waals surface area contributed by atoms with Crippen LogP contribution in [0.5, 0.6) is 0 Å². The third-order valence-corrected chi connectivity index (χ3v) is 3.18. The molecule has 0 aromatic rings. The highest BCUT2D eigenvalue weighted by atomic mass is 16.5. The van der Waals surface area contributed by atoms with E-state index in [2.05, 4.69) is 0 Å². The van der Waals surface area contributed by atoms with Crippen LogP contribution in [0.25, 0.3) is 0 Å². The predicted molar refractivity (Wildman–Crippen MR) is 57.5 cm³/mol. The van der Waals surface area contributed by atoms with E-state index < -0.39 is 6.10 Å². The summed E-state index contributed by atoms with van der Waals surface area (Å²) in [5, 5.41) is 9.69. The topological polar surface area (TPSA) is 49.8 Å². The van der Waals surface area contributed by atoms with Gasteiger partial charge in [-0.1, -0.05) is 0 Å². The summed E-state index contributed by atoms with van der Waals surface area (Å²) in [6.07, 6.45) is 1.56. The second-order valence-corrected chi connectivity index (χ2v) is 4.28. The molecular formula is C11H21NO3. The van der Waals surface area contributed by atoms with Crippen molar-refractivity contribution >= 4 is 5.91 Å². The minimum absolute atomic E-state index is 0.0291. The molecule has 0 aromatic carbocycles. The lowest BCUT2D eigenvalue weighted by atomic mass is 9.93. The average Bonchev–Trinajstić information content (AvgIpc) is 2.61. The number of methoxy groups -OCH3 is 1. The van der Waals surface area contributed by atoms with E-state index in [9.17, 15) is 9.90 Å². The van der Waals surface area contributed by atoms with Crippen LogP contribution >= 0.6 is 0 Å². The molecular weight excluding hydrogens is 194 g/mol. The van der Waals surface area contributed by atoms with Crippen molar-refractivity contribution in [3.63, 3.8) is 0 Å². The van der Waals surface area contributed by atoms with Gasteiger partial charge in [0.25, 0.3) is 0 Å². The van der Waals surface area contributed by atoms with Crippen LogP contribution < -0.4 is 0 Å². The molecule has 2 unspecified atom stereocenters.